The minimum atomic E-state index is -4.34. The van der Waals surface area contributed by atoms with Gasteiger partial charge in [0, 0.05) is 6.07 Å². The molecule has 0 aliphatic rings. The lowest BCUT2D eigenvalue weighted by molar-refractivity contribution is -0.384. The van der Waals surface area contributed by atoms with Crippen LogP contribution in [0.4, 0.5) is 17.1 Å². The molecule has 13 heteroatoms. The van der Waals surface area contributed by atoms with Crippen molar-refractivity contribution in [2.45, 2.75) is 11.5 Å². The zero-order valence-corrected chi connectivity index (χ0v) is 22.9. The predicted molar refractivity (Wildman–Crippen MR) is 153 cm³/mol. The molecule has 4 rings (SSSR count). The summed E-state index contributed by atoms with van der Waals surface area (Å²) in [5.74, 6) is -0.705. The van der Waals surface area contributed by atoms with Gasteiger partial charge >= 0.3 is 5.97 Å². The minimum absolute atomic E-state index is 0.0481. The molecule has 0 aliphatic heterocycles. The number of para-hydroxylation sites is 1. The van der Waals surface area contributed by atoms with Gasteiger partial charge in [-0.2, -0.15) is 5.10 Å². The highest BCUT2D eigenvalue weighted by atomic mass is 79.9. The van der Waals surface area contributed by atoms with Crippen LogP contribution in [0.2, 0.25) is 0 Å². The maximum Gasteiger partial charge on any atom is 0.337 e. The van der Waals surface area contributed by atoms with Crippen molar-refractivity contribution < 1.29 is 28.0 Å². The fourth-order valence-electron chi connectivity index (χ4n) is 3.51. The molecule has 0 amide bonds. The van der Waals surface area contributed by atoms with Crippen molar-refractivity contribution in [1.82, 2.24) is 0 Å². The van der Waals surface area contributed by atoms with E-state index in [1.807, 2.05) is 30.3 Å². The van der Waals surface area contributed by atoms with Gasteiger partial charge in [-0.15, -0.1) is 0 Å². The lowest BCUT2D eigenvalue weighted by Crippen LogP contribution is -2.16. The van der Waals surface area contributed by atoms with Crippen molar-refractivity contribution >= 4 is 55.2 Å². The molecule has 0 saturated heterocycles. The fraction of sp³-hybridized carbons (Fsp3) is 0.0370. The highest BCUT2D eigenvalue weighted by Gasteiger charge is 2.23. The third-order valence-electron chi connectivity index (χ3n) is 5.47. The Bertz CT molecular complexity index is 1700. The predicted octanol–water partition coefficient (Wildman–Crippen LogP) is 5.88. The molecule has 3 N–H and O–H groups in total. The van der Waals surface area contributed by atoms with Gasteiger partial charge in [-0.05, 0) is 69.5 Å². The van der Waals surface area contributed by atoms with Gasteiger partial charge in [0.05, 0.1) is 31.8 Å². The molecule has 0 aliphatic carbocycles. The van der Waals surface area contributed by atoms with Crippen molar-refractivity contribution in [2.75, 3.05) is 10.1 Å². The second kappa shape index (κ2) is 12.4. The summed E-state index contributed by atoms with van der Waals surface area (Å²) in [6.45, 7) is 0.394. The van der Waals surface area contributed by atoms with E-state index in [0.717, 1.165) is 17.7 Å². The first kappa shape index (κ1) is 28.3. The topological polar surface area (TPSA) is 160 Å². The molecule has 0 fully saturated rings. The summed E-state index contributed by atoms with van der Waals surface area (Å²) in [6.07, 6.45) is 1.44. The maximum atomic E-state index is 12.9. The number of nitro benzene ring substituents is 1. The maximum absolute atomic E-state index is 12.9. The number of hydrogen-bond donors (Lipinski definition) is 3. The monoisotopic (exact) mass is 624 g/mol. The van der Waals surface area contributed by atoms with Crippen molar-refractivity contribution in [2.24, 2.45) is 5.10 Å². The van der Waals surface area contributed by atoms with Crippen LogP contribution in [-0.4, -0.2) is 30.6 Å². The Hall–Kier alpha value is -4.75. The van der Waals surface area contributed by atoms with E-state index < -0.39 is 31.5 Å². The number of carboxylic acid groups (broad SMARTS) is 1. The van der Waals surface area contributed by atoms with Crippen molar-refractivity contribution in [3.63, 3.8) is 0 Å². The van der Waals surface area contributed by atoms with Crippen LogP contribution in [0.25, 0.3) is 0 Å². The first-order valence-electron chi connectivity index (χ1n) is 11.5. The smallest absolute Gasteiger partial charge is 0.337 e. The number of carbonyl (C=O) groups is 1. The normalized spacial score (nSPS) is 11.2. The standard InChI is InChI=1S/C27H21BrN4O7S/c28-22-14-19(10-13-26(22)39-17-18-6-2-1-3-7-18)16-29-30-24-12-11-20(15-25(24)32(35)36)40(37,38)31-23-9-5-4-8-21(23)27(33)34/h1-16,30-31H,17H2,(H,33,34)/b29-16-. The molecule has 0 saturated carbocycles. The van der Waals surface area contributed by atoms with Gasteiger partial charge in [-0.25, -0.2) is 13.2 Å². The molecule has 0 heterocycles. The number of hydrazone groups is 1. The average molecular weight is 625 g/mol. The first-order valence-corrected chi connectivity index (χ1v) is 13.8. The number of aromatic carboxylic acids is 1. The Kier molecular flexibility index (Phi) is 8.76. The molecule has 40 heavy (non-hydrogen) atoms. The number of hydrogen-bond acceptors (Lipinski definition) is 8. The van der Waals surface area contributed by atoms with Gasteiger partial charge in [-0.3, -0.25) is 20.3 Å². The Morgan fingerprint density at radius 2 is 1.73 bits per heavy atom. The second-order valence-corrected chi connectivity index (χ2v) is 10.8. The molecule has 0 bridgehead atoms. The SMILES string of the molecule is O=C(O)c1ccccc1NS(=O)(=O)c1ccc(N/N=C\c2ccc(OCc3ccccc3)c(Br)c2)c([N+](=O)[O-])c1. The van der Waals surface area contributed by atoms with Crippen molar-refractivity contribution in [3.8, 4) is 5.75 Å². The highest BCUT2D eigenvalue weighted by Crippen LogP contribution is 2.30. The number of sulfonamides is 1. The average Bonchev–Trinajstić information content (AvgIpc) is 2.93. The van der Waals surface area contributed by atoms with Gasteiger partial charge in [0.1, 0.15) is 18.0 Å². The molecular formula is C27H21BrN4O7S. The van der Waals surface area contributed by atoms with Crippen LogP contribution >= 0.6 is 15.9 Å². The molecule has 11 nitrogen and oxygen atoms in total. The van der Waals surface area contributed by atoms with Crippen LogP contribution in [-0.2, 0) is 16.6 Å². The van der Waals surface area contributed by atoms with Crippen LogP contribution in [0.5, 0.6) is 5.75 Å². The molecule has 0 atom stereocenters. The third kappa shape index (κ3) is 7.01. The first-order chi connectivity index (χ1) is 19.1. The third-order valence-corrected chi connectivity index (χ3v) is 7.45. The van der Waals surface area contributed by atoms with Crippen molar-refractivity contribution in [1.29, 1.82) is 0 Å². The summed E-state index contributed by atoms with van der Waals surface area (Å²) >= 11 is 3.46. The summed E-state index contributed by atoms with van der Waals surface area (Å²) in [6, 6.07) is 23.6. The quantitative estimate of drug-likeness (QED) is 0.106. The van der Waals surface area contributed by atoms with Gasteiger partial charge in [0.25, 0.3) is 15.7 Å². The van der Waals surface area contributed by atoms with Crippen LogP contribution in [0.1, 0.15) is 21.5 Å². The minimum Gasteiger partial charge on any atom is -0.488 e. The molecule has 0 aromatic heterocycles. The van der Waals surface area contributed by atoms with Gasteiger partial charge in [0.2, 0.25) is 0 Å². The summed E-state index contributed by atoms with van der Waals surface area (Å²) in [7, 11) is -4.34. The fourth-order valence-corrected chi connectivity index (χ4v) is 5.12. The summed E-state index contributed by atoms with van der Waals surface area (Å²) in [4.78, 5) is 21.9. The Balaban J connectivity index is 1.47. The number of anilines is 2. The van der Waals surface area contributed by atoms with Crippen molar-refractivity contribution in [3.05, 3.63) is 122 Å². The number of nitrogens with zero attached hydrogens (tertiary/aromatic N) is 2. The Morgan fingerprint density at radius 1 is 1.00 bits per heavy atom. The van der Waals surface area contributed by atoms with E-state index in [1.54, 1.807) is 18.2 Å². The number of halogens is 1. The van der Waals surface area contributed by atoms with E-state index in [0.29, 0.717) is 22.4 Å². The van der Waals surface area contributed by atoms with Gasteiger partial charge < -0.3 is 9.84 Å². The van der Waals surface area contributed by atoms with Crippen LogP contribution in [0, 0.1) is 10.1 Å². The van der Waals surface area contributed by atoms with Gasteiger partial charge in [0.15, 0.2) is 0 Å². The largest absolute Gasteiger partial charge is 0.488 e. The molecule has 0 unspecified atom stereocenters. The van der Waals surface area contributed by atoms with Crippen LogP contribution in [0.15, 0.2) is 105 Å². The lowest BCUT2D eigenvalue weighted by atomic mass is 10.2. The van der Waals surface area contributed by atoms with E-state index >= 15 is 0 Å². The van der Waals surface area contributed by atoms with Gasteiger partial charge in [-0.1, -0.05) is 42.5 Å². The summed E-state index contributed by atoms with van der Waals surface area (Å²) in [5.41, 5.74) is 3.21. The molecular weight excluding hydrogens is 604 g/mol. The number of nitrogens with one attached hydrogen (secondary N) is 2. The van der Waals surface area contributed by atoms with Crippen LogP contribution in [0.3, 0.4) is 0 Å². The van der Waals surface area contributed by atoms with E-state index in [2.05, 4.69) is 31.2 Å². The summed E-state index contributed by atoms with van der Waals surface area (Å²) in [5, 5.41) is 25.0. The van der Waals surface area contributed by atoms with E-state index in [9.17, 15) is 28.4 Å². The Labute approximate surface area is 237 Å². The zero-order valence-electron chi connectivity index (χ0n) is 20.5. The molecule has 4 aromatic carbocycles. The number of rotatable bonds is 11. The molecule has 4 aromatic rings. The number of carboxylic acids is 1. The number of nitro groups is 1. The van der Waals surface area contributed by atoms with E-state index in [1.165, 1.54) is 36.5 Å². The number of ether oxygens (including phenoxy) is 1. The van der Waals surface area contributed by atoms with Crippen LogP contribution < -0.4 is 14.9 Å². The number of benzene rings is 4. The molecule has 0 spiro atoms. The Morgan fingerprint density at radius 3 is 2.42 bits per heavy atom. The van der Waals surface area contributed by atoms with E-state index in [4.69, 9.17) is 4.74 Å². The second-order valence-electron chi connectivity index (χ2n) is 8.23. The lowest BCUT2D eigenvalue weighted by Gasteiger charge is -2.11. The van der Waals surface area contributed by atoms with E-state index in [-0.39, 0.29) is 16.9 Å². The summed E-state index contributed by atoms with van der Waals surface area (Å²) < 4.78 is 34.4. The zero-order chi connectivity index (χ0) is 28.7. The molecule has 0 radical (unpaired) electrons. The highest BCUT2D eigenvalue weighted by molar-refractivity contribution is 9.10. The molecule has 204 valence electrons.